The van der Waals surface area contributed by atoms with Gasteiger partial charge in [0.05, 0.1) is 18.8 Å². The highest BCUT2D eigenvalue weighted by Crippen LogP contribution is 2.18. The number of hydrogen-bond donors (Lipinski definition) is 1. The third-order valence-corrected chi connectivity index (χ3v) is 6.18. The van der Waals surface area contributed by atoms with Gasteiger partial charge in [-0.3, -0.25) is 9.79 Å². The normalized spacial score (nSPS) is 17.2. The van der Waals surface area contributed by atoms with Crippen molar-refractivity contribution < 1.29 is 17.9 Å². The van der Waals surface area contributed by atoms with E-state index in [9.17, 15) is 13.2 Å². The number of likely N-dealkylation sites (tertiary alicyclic amines) is 1. The van der Waals surface area contributed by atoms with Crippen LogP contribution in [0.15, 0.2) is 4.99 Å². The third-order valence-electron chi connectivity index (χ3n) is 4.31. The van der Waals surface area contributed by atoms with E-state index in [2.05, 4.69) is 15.2 Å². The van der Waals surface area contributed by atoms with Crippen LogP contribution in [0.4, 0.5) is 0 Å². The summed E-state index contributed by atoms with van der Waals surface area (Å²) in [6.07, 6.45) is 2.21. The Labute approximate surface area is 145 Å². The number of aliphatic imine (C=N–C) groups is 1. The quantitative estimate of drug-likeness (QED) is 0.299. The summed E-state index contributed by atoms with van der Waals surface area (Å²) in [5, 5.41) is 3.26. The van der Waals surface area contributed by atoms with E-state index >= 15 is 0 Å². The maximum absolute atomic E-state index is 11.7. The lowest BCUT2D eigenvalue weighted by molar-refractivity contribution is -0.146. The fourth-order valence-electron chi connectivity index (χ4n) is 2.69. The number of sulfonamides is 1. The Hall–Kier alpha value is -1.35. The zero-order chi connectivity index (χ0) is 18.2. The van der Waals surface area contributed by atoms with Crippen LogP contribution < -0.4 is 5.32 Å². The molecule has 0 spiro atoms. The zero-order valence-electron chi connectivity index (χ0n) is 15.1. The first kappa shape index (κ1) is 20.7. The molecule has 24 heavy (non-hydrogen) atoms. The van der Waals surface area contributed by atoms with Crippen LogP contribution in [0.2, 0.25) is 0 Å². The van der Waals surface area contributed by atoms with E-state index in [1.54, 1.807) is 21.0 Å². The molecule has 1 aliphatic rings. The molecule has 140 valence electrons. The minimum atomic E-state index is -3.12. The van der Waals surface area contributed by atoms with Gasteiger partial charge >= 0.3 is 5.97 Å². The summed E-state index contributed by atoms with van der Waals surface area (Å²) in [4.78, 5) is 17.9. The van der Waals surface area contributed by atoms with Crippen molar-refractivity contribution in [2.75, 3.05) is 53.1 Å². The molecule has 1 aliphatic heterocycles. The molecule has 1 rings (SSSR count). The second-order valence-corrected chi connectivity index (χ2v) is 8.20. The second kappa shape index (κ2) is 9.83. The molecule has 1 N–H and O–H groups in total. The van der Waals surface area contributed by atoms with Crippen molar-refractivity contribution in [2.45, 2.75) is 26.2 Å². The topological polar surface area (TPSA) is 91.3 Å². The molecule has 0 radical (unpaired) electrons. The van der Waals surface area contributed by atoms with Crippen molar-refractivity contribution in [3.05, 3.63) is 0 Å². The molecule has 0 atom stereocenters. The lowest BCUT2D eigenvalue weighted by atomic mass is 9.97. The van der Waals surface area contributed by atoms with Gasteiger partial charge in [0.25, 0.3) is 0 Å². The largest absolute Gasteiger partial charge is 0.469 e. The van der Waals surface area contributed by atoms with Crippen molar-refractivity contribution in [3.8, 4) is 0 Å². The van der Waals surface area contributed by atoms with Crippen molar-refractivity contribution >= 4 is 22.0 Å². The van der Waals surface area contributed by atoms with Crippen molar-refractivity contribution in [3.63, 3.8) is 0 Å². The van der Waals surface area contributed by atoms with E-state index in [1.807, 2.05) is 0 Å². The molecule has 0 aromatic carbocycles. The minimum Gasteiger partial charge on any atom is -0.469 e. The average molecular weight is 362 g/mol. The van der Waals surface area contributed by atoms with E-state index in [-0.39, 0.29) is 17.6 Å². The van der Waals surface area contributed by atoms with Gasteiger partial charge in [-0.05, 0) is 26.2 Å². The average Bonchev–Trinajstić information content (AvgIpc) is 2.61. The van der Waals surface area contributed by atoms with Crippen LogP contribution in [0, 0.1) is 5.92 Å². The van der Waals surface area contributed by atoms with Gasteiger partial charge in [-0.25, -0.2) is 12.7 Å². The molecule has 9 heteroatoms. The van der Waals surface area contributed by atoms with Gasteiger partial charge in [-0.2, -0.15) is 0 Å². The van der Waals surface area contributed by atoms with E-state index in [1.165, 1.54) is 11.4 Å². The molecular formula is C15H30N4O4S. The summed E-state index contributed by atoms with van der Waals surface area (Å²) in [6.45, 7) is 4.27. The molecule has 0 aromatic heterocycles. The van der Waals surface area contributed by atoms with Gasteiger partial charge in [0.1, 0.15) is 0 Å². The lowest BCUT2D eigenvalue weighted by Gasteiger charge is -2.33. The number of nitrogens with zero attached hydrogens (tertiary/aromatic N) is 3. The van der Waals surface area contributed by atoms with Gasteiger partial charge in [0.2, 0.25) is 10.0 Å². The highest BCUT2D eigenvalue weighted by atomic mass is 32.2. The van der Waals surface area contributed by atoms with Crippen LogP contribution in [0.5, 0.6) is 0 Å². The predicted molar refractivity (Wildman–Crippen MR) is 94.4 cm³/mol. The van der Waals surface area contributed by atoms with Crippen LogP contribution in [0.25, 0.3) is 0 Å². The molecule has 8 nitrogen and oxygen atoms in total. The second-order valence-electron chi connectivity index (χ2n) is 5.83. The smallest absolute Gasteiger partial charge is 0.308 e. The van der Waals surface area contributed by atoms with E-state index in [0.29, 0.717) is 19.5 Å². The van der Waals surface area contributed by atoms with Crippen LogP contribution in [-0.2, 0) is 19.6 Å². The summed E-state index contributed by atoms with van der Waals surface area (Å²) in [6, 6.07) is 0. The number of hydrogen-bond acceptors (Lipinski definition) is 5. The molecule has 0 aliphatic carbocycles. The van der Waals surface area contributed by atoms with E-state index < -0.39 is 10.0 Å². The maximum atomic E-state index is 11.7. The highest BCUT2D eigenvalue weighted by molar-refractivity contribution is 7.89. The molecule has 1 fully saturated rings. The molecule has 0 bridgehead atoms. The summed E-state index contributed by atoms with van der Waals surface area (Å²) < 4.78 is 29.5. The molecular weight excluding hydrogens is 332 g/mol. The molecule has 0 amide bonds. The number of esters is 1. The monoisotopic (exact) mass is 362 g/mol. The van der Waals surface area contributed by atoms with Gasteiger partial charge < -0.3 is 15.0 Å². The Morgan fingerprint density at radius 2 is 2.00 bits per heavy atom. The first-order valence-electron chi connectivity index (χ1n) is 8.33. The van der Waals surface area contributed by atoms with Crippen LogP contribution in [0.1, 0.15) is 26.2 Å². The highest BCUT2D eigenvalue weighted by Gasteiger charge is 2.26. The number of carbonyl (C=O) groups is 1. The standard InChI is InChI=1S/C15H30N4O4S/c1-5-24(21,22)18(3)10-6-9-17-15(16-2)19-11-7-13(8-12-19)14(20)23-4/h13H,5-12H2,1-4H3,(H,16,17). The number of guanidine groups is 1. The fraction of sp³-hybridized carbons (Fsp3) is 0.867. The SMILES string of the molecule is CCS(=O)(=O)N(C)CCCNC(=NC)N1CCC(C(=O)OC)CC1. The van der Waals surface area contributed by atoms with Crippen LogP contribution >= 0.6 is 0 Å². The van der Waals surface area contributed by atoms with Crippen molar-refractivity contribution in [2.24, 2.45) is 10.9 Å². The fourth-order valence-corrected chi connectivity index (χ4v) is 3.54. The first-order valence-corrected chi connectivity index (χ1v) is 9.94. The summed E-state index contributed by atoms with van der Waals surface area (Å²) in [5.74, 6) is 0.739. The van der Waals surface area contributed by atoms with E-state index in [0.717, 1.165) is 31.9 Å². The number of rotatable bonds is 7. The lowest BCUT2D eigenvalue weighted by Crippen LogP contribution is -2.47. The number of nitrogens with one attached hydrogen (secondary N) is 1. The first-order chi connectivity index (χ1) is 11.4. The Morgan fingerprint density at radius 3 is 2.50 bits per heavy atom. The molecule has 0 saturated carbocycles. The number of carbonyl (C=O) groups excluding carboxylic acids is 1. The summed E-state index contributed by atoms with van der Waals surface area (Å²) >= 11 is 0. The maximum Gasteiger partial charge on any atom is 0.308 e. The molecule has 1 heterocycles. The van der Waals surface area contributed by atoms with Crippen LogP contribution in [0.3, 0.4) is 0 Å². The Kier molecular flexibility index (Phi) is 8.47. The number of ether oxygens (including phenoxy) is 1. The van der Waals surface area contributed by atoms with Gasteiger partial charge in [-0.1, -0.05) is 0 Å². The van der Waals surface area contributed by atoms with Crippen LogP contribution in [-0.4, -0.2) is 82.7 Å². The zero-order valence-corrected chi connectivity index (χ0v) is 15.9. The van der Waals surface area contributed by atoms with Gasteiger partial charge in [0.15, 0.2) is 5.96 Å². The van der Waals surface area contributed by atoms with E-state index in [4.69, 9.17) is 4.74 Å². The Bertz CT molecular complexity index is 528. The summed E-state index contributed by atoms with van der Waals surface area (Å²) in [5.41, 5.74) is 0. The Morgan fingerprint density at radius 1 is 1.38 bits per heavy atom. The third kappa shape index (κ3) is 5.94. The number of methoxy groups -OCH3 is 1. The van der Waals surface area contributed by atoms with Gasteiger partial charge in [0, 0.05) is 40.3 Å². The van der Waals surface area contributed by atoms with Gasteiger partial charge in [-0.15, -0.1) is 0 Å². The molecule has 0 aromatic rings. The molecule has 1 saturated heterocycles. The number of piperidine rings is 1. The predicted octanol–water partition coefficient (Wildman–Crippen LogP) is 0.118. The summed E-state index contributed by atoms with van der Waals surface area (Å²) in [7, 11) is 1.63. The van der Waals surface area contributed by atoms with Crippen molar-refractivity contribution in [1.29, 1.82) is 0 Å². The Balaban J connectivity index is 2.35. The minimum absolute atomic E-state index is 0.0303. The van der Waals surface area contributed by atoms with Crippen molar-refractivity contribution in [1.82, 2.24) is 14.5 Å². The molecule has 0 unspecified atom stereocenters.